The SMILES string of the molecule is O=C(O)CNc1nc(NC[C@@H]2CCCO2)cc(C2CC2)n1. The summed E-state index contributed by atoms with van der Waals surface area (Å²) in [5, 5.41) is 14.7. The van der Waals surface area contributed by atoms with Crippen molar-refractivity contribution in [2.75, 3.05) is 30.3 Å². The lowest BCUT2D eigenvalue weighted by atomic mass is 10.2. The highest BCUT2D eigenvalue weighted by Gasteiger charge is 2.26. The van der Waals surface area contributed by atoms with E-state index in [4.69, 9.17) is 9.84 Å². The summed E-state index contributed by atoms with van der Waals surface area (Å²) >= 11 is 0. The number of carboxylic acid groups (broad SMARTS) is 1. The van der Waals surface area contributed by atoms with Gasteiger partial charge in [0, 0.05) is 25.1 Å². The van der Waals surface area contributed by atoms with E-state index in [0.29, 0.717) is 11.9 Å². The normalized spacial score (nSPS) is 21.2. The Hall–Kier alpha value is -1.89. The van der Waals surface area contributed by atoms with Gasteiger partial charge in [-0.25, -0.2) is 4.98 Å². The molecule has 1 aliphatic carbocycles. The number of anilines is 2. The molecule has 0 aromatic carbocycles. The summed E-state index contributed by atoms with van der Waals surface area (Å²) in [6, 6.07) is 1.96. The molecule has 0 unspecified atom stereocenters. The van der Waals surface area contributed by atoms with E-state index >= 15 is 0 Å². The highest BCUT2D eigenvalue weighted by atomic mass is 16.5. The molecule has 3 N–H and O–H groups in total. The number of nitrogens with one attached hydrogen (secondary N) is 2. The van der Waals surface area contributed by atoms with Gasteiger partial charge in [-0.15, -0.1) is 0 Å². The number of nitrogens with zero attached hydrogens (tertiary/aromatic N) is 2. The van der Waals surface area contributed by atoms with Crippen molar-refractivity contribution in [2.24, 2.45) is 0 Å². The lowest BCUT2D eigenvalue weighted by molar-refractivity contribution is -0.134. The molecule has 114 valence electrons. The number of ether oxygens (including phenoxy) is 1. The van der Waals surface area contributed by atoms with Gasteiger partial charge < -0.3 is 20.5 Å². The molecule has 7 heteroatoms. The predicted molar refractivity (Wildman–Crippen MR) is 77.6 cm³/mol. The summed E-state index contributed by atoms with van der Waals surface area (Å²) in [6.45, 7) is 1.37. The summed E-state index contributed by atoms with van der Waals surface area (Å²) in [5.41, 5.74) is 0.979. The van der Waals surface area contributed by atoms with E-state index in [1.54, 1.807) is 0 Å². The van der Waals surface area contributed by atoms with Crippen LogP contribution in [-0.2, 0) is 9.53 Å². The fourth-order valence-corrected chi connectivity index (χ4v) is 2.40. The molecule has 1 aliphatic heterocycles. The molecule has 1 saturated heterocycles. The number of hydrogen-bond donors (Lipinski definition) is 3. The number of aliphatic carboxylic acids is 1. The molecule has 3 rings (SSSR count). The maximum absolute atomic E-state index is 10.6. The molecule has 1 atom stereocenters. The van der Waals surface area contributed by atoms with Crippen LogP contribution in [0.25, 0.3) is 0 Å². The highest BCUT2D eigenvalue weighted by molar-refractivity contribution is 5.71. The van der Waals surface area contributed by atoms with E-state index in [2.05, 4.69) is 20.6 Å². The second-order valence-electron chi connectivity index (χ2n) is 5.54. The molecule has 1 aromatic heterocycles. The molecule has 1 saturated carbocycles. The van der Waals surface area contributed by atoms with Gasteiger partial charge in [0.1, 0.15) is 12.4 Å². The van der Waals surface area contributed by atoms with Gasteiger partial charge in [0.05, 0.1) is 11.8 Å². The first kappa shape index (κ1) is 14.1. The number of hydrogen-bond acceptors (Lipinski definition) is 6. The Kier molecular flexibility index (Phi) is 4.19. The third-order valence-corrected chi connectivity index (χ3v) is 3.67. The zero-order chi connectivity index (χ0) is 14.7. The van der Waals surface area contributed by atoms with E-state index in [1.807, 2.05) is 6.07 Å². The number of carboxylic acids is 1. The van der Waals surface area contributed by atoms with Crippen molar-refractivity contribution in [2.45, 2.75) is 37.7 Å². The van der Waals surface area contributed by atoms with Crippen LogP contribution in [0, 0.1) is 0 Å². The molecule has 0 spiro atoms. The lowest BCUT2D eigenvalue weighted by Gasteiger charge is -2.13. The van der Waals surface area contributed by atoms with Crippen molar-refractivity contribution in [3.05, 3.63) is 11.8 Å². The number of aromatic nitrogens is 2. The Morgan fingerprint density at radius 2 is 2.19 bits per heavy atom. The number of rotatable bonds is 7. The third kappa shape index (κ3) is 4.04. The smallest absolute Gasteiger partial charge is 0.322 e. The molecule has 2 heterocycles. The zero-order valence-corrected chi connectivity index (χ0v) is 11.8. The maximum atomic E-state index is 10.6. The van der Waals surface area contributed by atoms with Gasteiger partial charge in [0.25, 0.3) is 0 Å². The third-order valence-electron chi connectivity index (χ3n) is 3.67. The van der Waals surface area contributed by atoms with Crippen LogP contribution in [0.3, 0.4) is 0 Å². The van der Waals surface area contributed by atoms with Gasteiger partial charge in [0.2, 0.25) is 5.95 Å². The zero-order valence-electron chi connectivity index (χ0n) is 11.8. The van der Waals surface area contributed by atoms with Crippen molar-refractivity contribution in [1.82, 2.24) is 9.97 Å². The van der Waals surface area contributed by atoms with Gasteiger partial charge in [0.15, 0.2) is 0 Å². The van der Waals surface area contributed by atoms with Crippen LogP contribution in [0.5, 0.6) is 0 Å². The Balaban J connectivity index is 1.66. The molecule has 0 amide bonds. The minimum Gasteiger partial charge on any atom is -0.480 e. The van der Waals surface area contributed by atoms with Crippen molar-refractivity contribution in [3.63, 3.8) is 0 Å². The summed E-state index contributed by atoms with van der Waals surface area (Å²) in [5.74, 6) is 0.665. The average molecular weight is 292 g/mol. The number of carbonyl (C=O) groups is 1. The fraction of sp³-hybridized carbons (Fsp3) is 0.643. The van der Waals surface area contributed by atoms with E-state index in [0.717, 1.165) is 50.3 Å². The Morgan fingerprint density at radius 1 is 1.33 bits per heavy atom. The molecule has 2 fully saturated rings. The Labute approximate surface area is 123 Å². The predicted octanol–water partition coefficient (Wildman–Crippen LogP) is 1.44. The summed E-state index contributed by atoms with van der Waals surface area (Å²) in [4.78, 5) is 19.4. The van der Waals surface area contributed by atoms with Gasteiger partial charge >= 0.3 is 5.97 Å². The van der Waals surface area contributed by atoms with Gasteiger partial charge in [-0.2, -0.15) is 4.98 Å². The fourth-order valence-electron chi connectivity index (χ4n) is 2.40. The van der Waals surface area contributed by atoms with Crippen molar-refractivity contribution >= 4 is 17.7 Å². The Bertz CT molecular complexity index is 513. The van der Waals surface area contributed by atoms with Crippen LogP contribution in [0.4, 0.5) is 11.8 Å². The average Bonchev–Trinajstić information content (AvgIpc) is 3.20. The monoisotopic (exact) mass is 292 g/mol. The summed E-state index contributed by atoms with van der Waals surface area (Å²) in [7, 11) is 0. The van der Waals surface area contributed by atoms with E-state index in [9.17, 15) is 4.79 Å². The summed E-state index contributed by atoms with van der Waals surface area (Å²) < 4.78 is 5.57. The highest BCUT2D eigenvalue weighted by Crippen LogP contribution is 2.39. The van der Waals surface area contributed by atoms with Crippen LogP contribution >= 0.6 is 0 Å². The first-order valence-electron chi connectivity index (χ1n) is 7.41. The van der Waals surface area contributed by atoms with Crippen molar-refractivity contribution < 1.29 is 14.6 Å². The van der Waals surface area contributed by atoms with Crippen molar-refractivity contribution in [3.8, 4) is 0 Å². The van der Waals surface area contributed by atoms with Crippen molar-refractivity contribution in [1.29, 1.82) is 0 Å². The van der Waals surface area contributed by atoms with Crippen LogP contribution in [-0.4, -0.2) is 46.8 Å². The standard InChI is InChI=1S/C14H20N4O3/c19-13(20)8-16-14-17-11(9-3-4-9)6-12(18-14)15-7-10-2-1-5-21-10/h6,9-10H,1-5,7-8H2,(H,19,20)(H2,15,16,17,18)/t10-/m0/s1. The quantitative estimate of drug-likeness (QED) is 0.699. The molecule has 1 aromatic rings. The van der Waals surface area contributed by atoms with Gasteiger partial charge in [-0.05, 0) is 25.7 Å². The molecular weight excluding hydrogens is 272 g/mol. The van der Waals surface area contributed by atoms with Crippen LogP contribution in [0.2, 0.25) is 0 Å². The maximum Gasteiger partial charge on any atom is 0.322 e. The minimum absolute atomic E-state index is 0.181. The topological polar surface area (TPSA) is 96.4 Å². The molecule has 0 radical (unpaired) electrons. The van der Waals surface area contributed by atoms with Crippen LogP contribution < -0.4 is 10.6 Å². The van der Waals surface area contributed by atoms with Gasteiger partial charge in [-0.1, -0.05) is 0 Å². The first-order valence-corrected chi connectivity index (χ1v) is 7.41. The van der Waals surface area contributed by atoms with Crippen LogP contribution in [0.1, 0.15) is 37.3 Å². The minimum atomic E-state index is -0.927. The molecule has 7 nitrogen and oxygen atoms in total. The second-order valence-corrected chi connectivity index (χ2v) is 5.54. The second kappa shape index (κ2) is 6.26. The summed E-state index contributed by atoms with van der Waals surface area (Å²) in [6.07, 6.45) is 4.69. The largest absolute Gasteiger partial charge is 0.480 e. The first-order chi connectivity index (χ1) is 10.2. The Morgan fingerprint density at radius 3 is 2.86 bits per heavy atom. The van der Waals surface area contributed by atoms with E-state index in [1.165, 1.54) is 0 Å². The molecule has 21 heavy (non-hydrogen) atoms. The molecule has 0 bridgehead atoms. The molecular formula is C14H20N4O3. The van der Waals surface area contributed by atoms with Crippen LogP contribution in [0.15, 0.2) is 6.07 Å². The molecule has 2 aliphatic rings. The lowest BCUT2D eigenvalue weighted by Crippen LogP contribution is -2.20. The van der Waals surface area contributed by atoms with Gasteiger partial charge in [-0.3, -0.25) is 4.79 Å². The van der Waals surface area contributed by atoms with E-state index in [-0.39, 0.29) is 12.6 Å². The van der Waals surface area contributed by atoms with E-state index < -0.39 is 5.97 Å².